The van der Waals surface area contributed by atoms with Crippen molar-refractivity contribution < 1.29 is 9.53 Å². The van der Waals surface area contributed by atoms with Crippen LogP contribution in [0.3, 0.4) is 0 Å². The third-order valence-electron chi connectivity index (χ3n) is 6.09. The maximum Gasteiger partial charge on any atom is 0.272 e. The number of aromatic nitrogens is 6. The smallest absolute Gasteiger partial charge is 0.272 e. The van der Waals surface area contributed by atoms with Crippen LogP contribution >= 0.6 is 0 Å². The van der Waals surface area contributed by atoms with Crippen LogP contribution in [0, 0.1) is 0 Å². The lowest BCUT2D eigenvalue weighted by molar-refractivity contribution is 0.0703. The highest BCUT2D eigenvalue weighted by Gasteiger charge is 2.31. The third kappa shape index (κ3) is 2.99. The number of anilines is 1. The standard InChI is InChI=1S/C23H20N8O2/c1-29-10-14(7-27-29)13-3-4-15-20(11-33-21(15)5-13)30(2)22(32)17-6-16-18(8-26-17)28-23(24)31-12-25-9-19(16)31/h3-10,12,20H,11H2,1-2H3,(H2,24,28). The SMILES string of the molecule is CN(C(=O)c1cc2c(cn1)nc(N)n1cncc21)C1COc2cc(-c3cnn(C)c3)ccc21. The number of nitrogen functional groups attached to an aromatic ring is 1. The van der Waals surface area contributed by atoms with E-state index in [2.05, 4.69) is 20.1 Å². The van der Waals surface area contributed by atoms with Gasteiger partial charge in [-0.1, -0.05) is 12.1 Å². The highest BCUT2D eigenvalue weighted by Crippen LogP contribution is 2.38. The van der Waals surface area contributed by atoms with Crippen molar-refractivity contribution in [3.8, 4) is 16.9 Å². The molecule has 0 saturated heterocycles. The second-order valence-electron chi connectivity index (χ2n) is 8.10. The van der Waals surface area contributed by atoms with Crippen LogP contribution in [0.4, 0.5) is 5.95 Å². The number of likely N-dealkylation sites (N-methyl/N-ethyl adjacent to an activating group) is 1. The monoisotopic (exact) mass is 440 g/mol. The number of aryl methyl sites for hydroxylation is 1. The third-order valence-corrected chi connectivity index (χ3v) is 6.09. The van der Waals surface area contributed by atoms with Crippen molar-refractivity contribution in [3.63, 3.8) is 0 Å². The number of hydrogen-bond acceptors (Lipinski definition) is 7. The Morgan fingerprint density at radius 2 is 2.09 bits per heavy atom. The highest BCUT2D eigenvalue weighted by molar-refractivity contribution is 6.00. The van der Waals surface area contributed by atoms with Gasteiger partial charge in [-0.3, -0.25) is 13.9 Å². The quantitative estimate of drug-likeness (QED) is 0.458. The van der Waals surface area contributed by atoms with Crippen LogP contribution in [-0.2, 0) is 7.05 Å². The Hall–Kier alpha value is -4.47. The average Bonchev–Trinajstić information content (AvgIpc) is 3.57. The Morgan fingerprint density at radius 3 is 2.91 bits per heavy atom. The van der Waals surface area contributed by atoms with Crippen LogP contribution < -0.4 is 10.5 Å². The second kappa shape index (κ2) is 7.02. The van der Waals surface area contributed by atoms with Gasteiger partial charge in [0.15, 0.2) is 0 Å². The van der Waals surface area contributed by atoms with Crippen LogP contribution in [0.5, 0.6) is 5.75 Å². The first-order valence-corrected chi connectivity index (χ1v) is 10.4. The molecule has 1 aliphatic rings. The van der Waals surface area contributed by atoms with E-state index >= 15 is 0 Å². The van der Waals surface area contributed by atoms with E-state index in [-0.39, 0.29) is 11.9 Å². The number of carbonyl (C=O) groups is 1. The van der Waals surface area contributed by atoms with E-state index < -0.39 is 0 Å². The molecule has 1 unspecified atom stereocenters. The van der Waals surface area contributed by atoms with Gasteiger partial charge >= 0.3 is 0 Å². The van der Waals surface area contributed by atoms with Gasteiger partial charge in [0.1, 0.15) is 24.4 Å². The summed E-state index contributed by atoms with van der Waals surface area (Å²) in [5.74, 6) is 0.885. The van der Waals surface area contributed by atoms with Crippen LogP contribution in [0.25, 0.3) is 27.5 Å². The second-order valence-corrected chi connectivity index (χ2v) is 8.10. The fourth-order valence-corrected chi connectivity index (χ4v) is 4.30. The van der Waals surface area contributed by atoms with Gasteiger partial charge in [-0.2, -0.15) is 5.10 Å². The van der Waals surface area contributed by atoms with Crippen LogP contribution in [0.15, 0.2) is 55.4 Å². The summed E-state index contributed by atoms with van der Waals surface area (Å²) < 4.78 is 9.38. The number of fused-ring (bicyclic) bond motifs is 4. The summed E-state index contributed by atoms with van der Waals surface area (Å²) in [6.45, 7) is 0.382. The largest absolute Gasteiger partial charge is 0.491 e. The van der Waals surface area contributed by atoms with E-state index in [1.165, 1.54) is 0 Å². The van der Waals surface area contributed by atoms with E-state index in [0.717, 1.165) is 33.3 Å². The maximum atomic E-state index is 13.3. The lowest BCUT2D eigenvalue weighted by Crippen LogP contribution is -2.32. The number of amides is 1. The summed E-state index contributed by atoms with van der Waals surface area (Å²) in [6.07, 6.45) is 8.63. The molecule has 4 aromatic heterocycles. The van der Waals surface area contributed by atoms with Gasteiger partial charge in [-0.25, -0.2) is 15.0 Å². The molecule has 10 nitrogen and oxygen atoms in total. The van der Waals surface area contributed by atoms with Crippen LogP contribution in [-0.4, -0.2) is 53.6 Å². The van der Waals surface area contributed by atoms with Gasteiger partial charge < -0.3 is 15.4 Å². The zero-order valence-electron chi connectivity index (χ0n) is 18.0. The lowest BCUT2D eigenvalue weighted by atomic mass is 10.0. The van der Waals surface area contributed by atoms with Gasteiger partial charge in [0.05, 0.1) is 35.7 Å². The van der Waals surface area contributed by atoms with Gasteiger partial charge in [0, 0.05) is 36.8 Å². The predicted octanol–water partition coefficient (Wildman–Crippen LogP) is 2.47. The van der Waals surface area contributed by atoms with Gasteiger partial charge in [0.25, 0.3) is 5.91 Å². The van der Waals surface area contributed by atoms with Crippen molar-refractivity contribution >= 4 is 28.3 Å². The predicted molar refractivity (Wildman–Crippen MR) is 122 cm³/mol. The van der Waals surface area contributed by atoms with E-state index in [1.54, 1.807) is 45.8 Å². The van der Waals surface area contributed by atoms with Crippen molar-refractivity contribution in [3.05, 3.63) is 66.6 Å². The van der Waals surface area contributed by atoms with Crippen LogP contribution in [0.1, 0.15) is 22.1 Å². The number of imidazole rings is 1. The molecule has 10 heteroatoms. The van der Waals surface area contributed by atoms with E-state index in [4.69, 9.17) is 10.5 Å². The molecule has 0 aliphatic carbocycles. The number of nitrogens with two attached hydrogens (primary N) is 1. The zero-order chi connectivity index (χ0) is 22.7. The number of ether oxygens (including phenoxy) is 1. The molecule has 1 aliphatic heterocycles. The summed E-state index contributed by atoms with van der Waals surface area (Å²) >= 11 is 0. The zero-order valence-corrected chi connectivity index (χ0v) is 18.0. The molecule has 0 radical (unpaired) electrons. The van der Waals surface area contributed by atoms with Gasteiger partial charge in [0.2, 0.25) is 5.95 Å². The molecule has 1 atom stereocenters. The first-order chi connectivity index (χ1) is 16.0. The minimum Gasteiger partial charge on any atom is -0.491 e. The topological polar surface area (TPSA) is 116 Å². The van der Waals surface area contributed by atoms with E-state index in [9.17, 15) is 4.79 Å². The summed E-state index contributed by atoms with van der Waals surface area (Å²) in [6, 6.07) is 7.55. The molecule has 0 spiro atoms. The maximum absolute atomic E-state index is 13.3. The Morgan fingerprint density at radius 1 is 1.21 bits per heavy atom. The lowest BCUT2D eigenvalue weighted by Gasteiger charge is -2.23. The molecule has 5 heterocycles. The van der Waals surface area contributed by atoms with E-state index in [1.807, 2.05) is 37.6 Å². The summed E-state index contributed by atoms with van der Waals surface area (Å²) in [5, 5.41) is 4.99. The highest BCUT2D eigenvalue weighted by atomic mass is 16.5. The molecule has 164 valence electrons. The fraction of sp³-hybridized carbons (Fsp3) is 0.174. The molecule has 33 heavy (non-hydrogen) atoms. The van der Waals surface area contributed by atoms with Crippen molar-refractivity contribution in [1.82, 2.24) is 34.0 Å². The molecule has 1 aromatic carbocycles. The van der Waals surface area contributed by atoms with Gasteiger partial charge in [-0.15, -0.1) is 0 Å². The molecule has 6 rings (SSSR count). The molecule has 0 bridgehead atoms. The Balaban J connectivity index is 1.32. The Kier molecular flexibility index (Phi) is 4.09. The first kappa shape index (κ1) is 19.2. The number of nitrogens with zero attached hydrogens (tertiary/aromatic N) is 7. The summed E-state index contributed by atoms with van der Waals surface area (Å²) in [4.78, 5) is 27.9. The molecule has 0 saturated carbocycles. The molecule has 1 amide bonds. The number of carbonyl (C=O) groups excluding carboxylic acids is 1. The van der Waals surface area contributed by atoms with Crippen molar-refractivity contribution in [1.29, 1.82) is 0 Å². The number of rotatable bonds is 3. The summed E-state index contributed by atoms with van der Waals surface area (Å²) in [5.41, 5.74) is 10.7. The van der Waals surface area contributed by atoms with E-state index in [0.29, 0.717) is 23.8 Å². The molecule has 0 fully saturated rings. The van der Waals surface area contributed by atoms with Gasteiger partial charge in [-0.05, 0) is 17.7 Å². The Bertz CT molecular complexity index is 1550. The summed E-state index contributed by atoms with van der Waals surface area (Å²) in [7, 11) is 3.65. The first-order valence-electron chi connectivity index (χ1n) is 10.4. The number of pyridine rings is 1. The minimum atomic E-state index is -0.215. The molecular formula is C23H20N8O2. The average molecular weight is 440 g/mol. The fourth-order valence-electron chi connectivity index (χ4n) is 4.30. The minimum absolute atomic E-state index is 0.204. The molecule has 5 aromatic rings. The number of benzene rings is 1. The van der Waals surface area contributed by atoms with Crippen molar-refractivity contribution in [2.24, 2.45) is 7.05 Å². The Labute approximate surface area is 188 Å². The van der Waals surface area contributed by atoms with Crippen molar-refractivity contribution in [2.45, 2.75) is 6.04 Å². The van der Waals surface area contributed by atoms with Crippen molar-refractivity contribution in [2.75, 3.05) is 19.4 Å². The number of hydrogen-bond donors (Lipinski definition) is 1. The molecular weight excluding hydrogens is 420 g/mol. The normalized spacial score (nSPS) is 15.0. The molecule has 2 N–H and O–H groups in total. The van der Waals surface area contributed by atoms with Crippen LogP contribution in [0.2, 0.25) is 0 Å².